The molecule has 1 heterocycles. The first-order chi connectivity index (χ1) is 9.76. The molecule has 4 heteroatoms. The first kappa shape index (κ1) is 14.3. The minimum Gasteiger partial charge on any atom is -0.491 e. The van der Waals surface area contributed by atoms with Gasteiger partial charge in [-0.15, -0.1) is 23.4 Å². The molecule has 0 spiro atoms. The third-order valence-corrected chi connectivity index (χ3v) is 5.51. The molecule has 0 saturated heterocycles. The highest BCUT2D eigenvalue weighted by molar-refractivity contribution is 9.10. The molecule has 1 atom stereocenters. The Hall–Kier alpha value is -0.640. The van der Waals surface area contributed by atoms with E-state index in [-0.39, 0.29) is 0 Å². The van der Waals surface area contributed by atoms with Crippen LogP contribution in [0.1, 0.15) is 11.1 Å². The van der Waals surface area contributed by atoms with Gasteiger partial charge in [0.25, 0.3) is 0 Å². The largest absolute Gasteiger partial charge is 0.491 e. The number of thioether (sulfide) groups is 1. The van der Waals surface area contributed by atoms with Crippen molar-refractivity contribution in [1.82, 2.24) is 0 Å². The van der Waals surface area contributed by atoms with Crippen molar-refractivity contribution in [2.24, 2.45) is 0 Å². The molecule has 2 aromatic rings. The van der Waals surface area contributed by atoms with E-state index in [1.54, 1.807) is 0 Å². The molecule has 0 N–H and O–H groups in total. The molecule has 3 rings (SSSR count). The van der Waals surface area contributed by atoms with Crippen LogP contribution in [-0.2, 0) is 12.3 Å². The van der Waals surface area contributed by atoms with Crippen LogP contribution in [0.2, 0.25) is 0 Å². The van der Waals surface area contributed by atoms with Crippen molar-refractivity contribution in [3.8, 4) is 5.75 Å². The minimum atomic E-state index is 0.493. The van der Waals surface area contributed by atoms with Gasteiger partial charge in [-0.3, -0.25) is 0 Å². The molecule has 0 saturated carbocycles. The number of rotatable bonds is 4. The highest BCUT2D eigenvalue weighted by Crippen LogP contribution is 2.37. The maximum atomic E-state index is 5.94. The maximum absolute atomic E-state index is 5.94. The van der Waals surface area contributed by atoms with Crippen molar-refractivity contribution in [3.05, 3.63) is 58.1 Å². The van der Waals surface area contributed by atoms with E-state index >= 15 is 0 Å². The highest BCUT2D eigenvalue weighted by atomic mass is 79.9. The van der Waals surface area contributed by atoms with Crippen molar-refractivity contribution >= 4 is 39.3 Å². The number of benzene rings is 2. The molecular weight excluding hydrogens is 356 g/mol. The third kappa shape index (κ3) is 3.16. The number of ether oxygens (including phenoxy) is 1. The van der Waals surface area contributed by atoms with Gasteiger partial charge in [0, 0.05) is 16.0 Å². The van der Waals surface area contributed by atoms with Gasteiger partial charge in [-0.2, -0.15) is 0 Å². The number of halogens is 2. The summed E-state index contributed by atoms with van der Waals surface area (Å²) in [7, 11) is 0. The van der Waals surface area contributed by atoms with E-state index in [9.17, 15) is 0 Å². The standard InChI is InChI=1S/C16H14BrClOS/c17-14-7-11(9-18)5-6-15(14)19-10-13-8-12-3-1-2-4-16(12)20-13/h1-7,13H,8-10H2. The van der Waals surface area contributed by atoms with Gasteiger partial charge in [-0.1, -0.05) is 24.3 Å². The molecule has 0 fully saturated rings. The summed E-state index contributed by atoms with van der Waals surface area (Å²) in [4.78, 5) is 1.39. The summed E-state index contributed by atoms with van der Waals surface area (Å²) >= 11 is 11.3. The van der Waals surface area contributed by atoms with Crippen LogP contribution in [0.3, 0.4) is 0 Å². The van der Waals surface area contributed by atoms with Gasteiger partial charge in [0.1, 0.15) is 12.4 Å². The van der Waals surface area contributed by atoms with E-state index in [0.29, 0.717) is 11.1 Å². The van der Waals surface area contributed by atoms with Crippen molar-refractivity contribution in [2.45, 2.75) is 22.4 Å². The quantitative estimate of drug-likeness (QED) is 0.678. The average molecular weight is 370 g/mol. The van der Waals surface area contributed by atoms with E-state index in [1.807, 2.05) is 30.0 Å². The topological polar surface area (TPSA) is 9.23 Å². The molecule has 0 aliphatic carbocycles. The molecule has 1 nitrogen and oxygen atoms in total. The second-order valence-electron chi connectivity index (χ2n) is 4.76. The summed E-state index contributed by atoms with van der Waals surface area (Å²) in [5.74, 6) is 1.41. The van der Waals surface area contributed by atoms with E-state index in [4.69, 9.17) is 16.3 Å². The zero-order valence-corrected chi connectivity index (χ0v) is 14.0. The van der Waals surface area contributed by atoms with Crippen LogP contribution < -0.4 is 4.74 Å². The molecule has 0 aromatic heterocycles. The summed E-state index contributed by atoms with van der Waals surface area (Å²) in [6.07, 6.45) is 1.08. The van der Waals surface area contributed by atoms with Crippen LogP contribution in [-0.4, -0.2) is 11.9 Å². The SMILES string of the molecule is ClCc1ccc(OCC2Cc3ccccc3S2)c(Br)c1. The summed E-state index contributed by atoms with van der Waals surface area (Å²) in [6, 6.07) is 14.6. The second kappa shape index (κ2) is 6.42. The molecule has 2 aromatic carbocycles. The van der Waals surface area contributed by atoms with Crippen LogP contribution in [0.4, 0.5) is 0 Å². The van der Waals surface area contributed by atoms with Crippen LogP contribution >= 0.6 is 39.3 Å². The van der Waals surface area contributed by atoms with Crippen LogP contribution in [0.15, 0.2) is 51.8 Å². The van der Waals surface area contributed by atoms with Crippen molar-refractivity contribution < 1.29 is 4.74 Å². The maximum Gasteiger partial charge on any atom is 0.133 e. The van der Waals surface area contributed by atoms with Gasteiger partial charge in [0.15, 0.2) is 0 Å². The Kier molecular flexibility index (Phi) is 4.59. The predicted molar refractivity (Wildman–Crippen MR) is 89.0 cm³/mol. The van der Waals surface area contributed by atoms with Crippen molar-refractivity contribution in [3.63, 3.8) is 0 Å². The van der Waals surface area contributed by atoms with Gasteiger partial charge in [-0.05, 0) is 51.7 Å². The lowest BCUT2D eigenvalue weighted by molar-refractivity contribution is 0.315. The van der Waals surface area contributed by atoms with Gasteiger partial charge < -0.3 is 4.74 Å². The van der Waals surface area contributed by atoms with Crippen molar-refractivity contribution in [1.29, 1.82) is 0 Å². The average Bonchev–Trinajstić information content (AvgIpc) is 2.88. The fourth-order valence-corrected chi connectivity index (χ4v) is 4.20. The lowest BCUT2D eigenvalue weighted by Crippen LogP contribution is -2.13. The predicted octanol–water partition coefficient (Wildman–Crippen LogP) is 5.28. The fraction of sp³-hybridized carbons (Fsp3) is 0.250. The first-order valence-electron chi connectivity index (χ1n) is 6.48. The van der Waals surface area contributed by atoms with E-state index in [2.05, 4.69) is 40.2 Å². The Morgan fingerprint density at radius 2 is 2.10 bits per heavy atom. The molecule has 104 valence electrons. The second-order valence-corrected chi connectivity index (χ2v) is 7.22. The summed E-state index contributed by atoms with van der Waals surface area (Å²) in [6.45, 7) is 0.720. The normalized spacial score (nSPS) is 17.0. The molecular formula is C16H14BrClOS. The van der Waals surface area contributed by atoms with E-state index in [1.165, 1.54) is 10.5 Å². The lowest BCUT2D eigenvalue weighted by atomic mass is 10.1. The minimum absolute atomic E-state index is 0.493. The van der Waals surface area contributed by atoms with Crippen LogP contribution in [0.5, 0.6) is 5.75 Å². The zero-order valence-electron chi connectivity index (χ0n) is 10.8. The Balaban J connectivity index is 1.61. The summed E-state index contributed by atoms with van der Waals surface area (Å²) < 4.78 is 6.91. The molecule has 0 radical (unpaired) electrons. The number of fused-ring (bicyclic) bond motifs is 1. The molecule has 1 unspecified atom stereocenters. The number of hydrogen-bond acceptors (Lipinski definition) is 2. The van der Waals surface area contributed by atoms with Crippen LogP contribution in [0, 0.1) is 0 Å². The molecule has 20 heavy (non-hydrogen) atoms. The van der Waals surface area contributed by atoms with Crippen LogP contribution in [0.25, 0.3) is 0 Å². The highest BCUT2D eigenvalue weighted by Gasteiger charge is 2.22. The zero-order chi connectivity index (χ0) is 13.9. The molecule has 0 bridgehead atoms. The van der Waals surface area contributed by atoms with E-state index < -0.39 is 0 Å². The van der Waals surface area contributed by atoms with Gasteiger partial charge >= 0.3 is 0 Å². The van der Waals surface area contributed by atoms with Gasteiger partial charge in [0.2, 0.25) is 0 Å². The van der Waals surface area contributed by atoms with E-state index in [0.717, 1.165) is 28.8 Å². The molecule has 1 aliphatic heterocycles. The fourth-order valence-electron chi connectivity index (χ4n) is 2.27. The summed E-state index contributed by atoms with van der Waals surface area (Å²) in [5.41, 5.74) is 2.52. The number of alkyl halides is 1. The first-order valence-corrected chi connectivity index (χ1v) is 8.69. The Morgan fingerprint density at radius 3 is 2.85 bits per heavy atom. The molecule has 1 aliphatic rings. The van der Waals surface area contributed by atoms with Crippen molar-refractivity contribution in [2.75, 3.05) is 6.61 Å². The van der Waals surface area contributed by atoms with Gasteiger partial charge in [-0.25, -0.2) is 0 Å². The summed E-state index contributed by atoms with van der Waals surface area (Å²) in [5, 5.41) is 0.493. The molecule has 0 amide bonds. The van der Waals surface area contributed by atoms with Gasteiger partial charge in [0.05, 0.1) is 4.47 Å². The smallest absolute Gasteiger partial charge is 0.133 e. The number of hydrogen-bond donors (Lipinski definition) is 0. The monoisotopic (exact) mass is 368 g/mol. The Morgan fingerprint density at radius 1 is 1.25 bits per heavy atom. The Bertz CT molecular complexity index is 592. The Labute approximate surface area is 136 Å². The third-order valence-electron chi connectivity index (χ3n) is 3.29. The lowest BCUT2D eigenvalue weighted by Gasteiger charge is -2.12.